The van der Waals surface area contributed by atoms with E-state index in [9.17, 15) is 4.79 Å². The van der Waals surface area contributed by atoms with Crippen molar-refractivity contribution in [3.05, 3.63) is 46.9 Å². The molecule has 0 aliphatic carbocycles. The van der Waals surface area contributed by atoms with Crippen LogP contribution < -0.4 is 10.9 Å². The maximum atomic E-state index is 11.1. The summed E-state index contributed by atoms with van der Waals surface area (Å²) < 4.78 is 0. The van der Waals surface area contributed by atoms with Gasteiger partial charge in [0.25, 0.3) is 5.56 Å². The molecule has 1 heterocycles. The lowest BCUT2D eigenvalue weighted by atomic mass is 10.2. The van der Waals surface area contributed by atoms with Gasteiger partial charge >= 0.3 is 0 Å². The van der Waals surface area contributed by atoms with Gasteiger partial charge in [-0.05, 0) is 24.3 Å². The molecule has 0 spiro atoms. The molecule has 2 N–H and O–H groups in total. The molecule has 0 saturated carbocycles. The average Bonchev–Trinajstić information content (AvgIpc) is 2.29. The van der Waals surface area contributed by atoms with Crippen LogP contribution in [0.3, 0.4) is 0 Å². The summed E-state index contributed by atoms with van der Waals surface area (Å²) in [7, 11) is 1.86. The highest BCUT2D eigenvalue weighted by molar-refractivity contribution is 5.59. The molecule has 4 nitrogen and oxygen atoms in total. The number of anilines is 1. The molecule has 4 heteroatoms. The third-order valence-corrected chi connectivity index (χ3v) is 2.12. The van der Waals surface area contributed by atoms with E-state index in [1.54, 1.807) is 0 Å². The van der Waals surface area contributed by atoms with Gasteiger partial charge in [0, 0.05) is 30.6 Å². The maximum absolute atomic E-state index is 11.1. The first kappa shape index (κ1) is 9.45. The number of aromatic amines is 1. The van der Waals surface area contributed by atoms with Crippen molar-refractivity contribution in [2.45, 2.75) is 0 Å². The van der Waals surface area contributed by atoms with Gasteiger partial charge in [0.1, 0.15) is 5.82 Å². The maximum Gasteiger partial charge on any atom is 0.251 e. The third kappa shape index (κ3) is 2.04. The number of nitrogens with one attached hydrogen (secondary N) is 2. The van der Waals surface area contributed by atoms with Crippen LogP contribution in [0.25, 0.3) is 11.4 Å². The van der Waals surface area contributed by atoms with Gasteiger partial charge < -0.3 is 10.3 Å². The molecule has 0 unspecified atom stereocenters. The number of aromatic nitrogens is 2. The van der Waals surface area contributed by atoms with Crippen LogP contribution in [0.15, 0.2) is 41.3 Å². The molecule has 15 heavy (non-hydrogen) atoms. The molecule has 0 aliphatic heterocycles. The largest absolute Gasteiger partial charge is 0.388 e. The van der Waals surface area contributed by atoms with E-state index in [1.807, 2.05) is 31.3 Å². The first-order valence-corrected chi connectivity index (χ1v) is 4.63. The highest BCUT2D eigenvalue weighted by Crippen LogP contribution is 2.15. The van der Waals surface area contributed by atoms with Crippen LogP contribution in [-0.2, 0) is 0 Å². The predicted octanol–water partition coefficient (Wildman–Crippen LogP) is 1.48. The molecule has 0 amide bonds. The van der Waals surface area contributed by atoms with Crippen LogP contribution in [0.5, 0.6) is 0 Å². The van der Waals surface area contributed by atoms with E-state index in [0.717, 1.165) is 11.3 Å². The Morgan fingerprint density at radius 3 is 2.53 bits per heavy atom. The highest BCUT2D eigenvalue weighted by atomic mass is 16.1. The number of hydrogen-bond donors (Lipinski definition) is 2. The molecular formula is C11H11N3O. The summed E-state index contributed by atoms with van der Waals surface area (Å²) in [5.41, 5.74) is 1.78. The fourth-order valence-electron chi connectivity index (χ4n) is 1.31. The SMILES string of the molecule is CNc1ccc(-c2nccc(=O)[nH]2)cc1. The highest BCUT2D eigenvalue weighted by Gasteiger charge is 1.98. The standard InChI is InChI=1S/C11H11N3O/c1-12-9-4-2-8(3-5-9)11-13-7-6-10(15)14-11/h2-7,12H,1H3,(H,13,14,15). The number of hydrogen-bond acceptors (Lipinski definition) is 3. The van der Waals surface area contributed by atoms with Crippen LogP contribution >= 0.6 is 0 Å². The van der Waals surface area contributed by atoms with Gasteiger partial charge in [0.15, 0.2) is 0 Å². The second-order valence-corrected chi connectivity index (χ2v) is 3.11. The summed E-state index contributed by atoms with van der Waals surface area (Å²) in [6, 6.07) is 9.07. The van der Waals surface area contributed by atoms with Gasteiger partial charge in [0.2, 0.25) is 0 Å². The molecule has 1 aromatic carbocycles. The smallest absolute Gasteiger partial charge is 0.251 e. The fourth-order valence-corrected chi connectivity index (χ4v) is 1.31. The molecular weight excluding hydrogens is 190 g/mol. The van der Waals surface area contributed by atoms with Gasteiger partial charge in [-0.1, -0.05) is 0 Å². The van der Waals surface area contributed by atoms with E-state index >= 15 is 0 Å². The van der Waals surface area contributed by atoms with Crippen molar-refractivity contribution in [3.63, 3.8) is 0 Å². The number of H-pyrrole nitrogens is 1. The van der Waals surface area contributed by atoms with Gasteiger partial charge in [-0.3, -0.25) is 4.79 Å². The Bertz CT molecular complexity index is 502. The van der Waals surface area contributed by atoms with Crippen LogP contribution in [0.2, 0.25) is 0 Å². The average molecular weight is 201 g/mol. The Hall–Kier alpha value is -2.10. The quantitative estimate of drug-likeness (QED) is 0.773. The van der Waals surface area contributed by atoms with Crippen LogP contribution in [0, 0.1) is 0 Å². The molecule has 2 aromatic rings. The van der Waals surface area contributed by atoms with E-state index < -0.39 is 0 Å². The lowest BCUT2D eigenvalue weighted by molar-refractivity contribution is 1.13. The zero-order chi connectivity index (χ0) is 10.7. The first-order chi connectivity index (χ1) is 7.29. The van der Waals surface area contributed by atoms with Gasteiger partial charge in [-0.15, -0.1) is 0 Å². The lowest BCUT2D eigenvalue weighted by Gasteiger charge is -2.02. The normalized spacial score (nSPS) is 9.93. The minimum absolute atomic E-state index is 0.141. The minimum atomic E-state index is -0.141. The fraction of sp³-hybridized carbons (Fsp3) is 0.0909. The van der Waals surface area contributed by atoms with Crippen LogP contribution in [0.1, 0.15) is 0 Å². The van der Waals surface area contributed by atoms with Crippen LogP contribution in [0.4, 0.5) is 5.69 Å². The minimum Gasteiger partial charge on any atom is -0.388 e. The number of rotatable bonds is 2. The number of benzene rings is 1. The van der Waals surface area contributed by atoms with Crippen molar-refractivity contribution in [2.75, 3.05) is 12.4 Å². The van der Waals surface area contributed by atoms with Crippen molar-refractivity contribution < 1.29 is 0 Å². The monoisotopic (exact) mass is 201 g/mol. The summed E-state index contributed by atoms with van der Waals surface area (Å²) in [5.74, 6) is 0.588. The molecule has 0 atom stereocenters. The Morgan fingerprint density at radius 2 is 1.93 bits per heavy atom. The van der Waals surface area contributed by atoms with Crippen LogP contribution in [-0.4, -0.2) is 17.0 Å². The second-order valence-electron chi connectivity index (χ2n) is 3.11. The molecule has 0 saturated heterocycles. The molecule has 1 aromatic heterocycles. The van der Waals surface area contributed by atoms with Gasteiger partial charge in [-0.25, -0.2) is 4.98 Å². The summed E-state index contributed by atoms with van der Waals surface area (Å²) in [6.45, 7) is 0. The molecule has 0 fully saturated rings. The zero-order valence-electron chi connectivity index (χ0n) is 8.32. The lowest BCUT2D eigenvalue weighted by Crippen LogP contribution is -2.05. The van der Waals surface area contributed by atoms with E-state index in [0.29, 0.717) is 5.82 Å². The Morgan fingerprint density at radius 1 is 1.20 bits per heavy atom. The van der Waals surface area contributed by atoms with Crippen molar-refractivity contribution in [1.82, 2.24) is 9.97 Å². The van der Waals surface area contributed by atoms with Gasteiger partial charge in [-0.2, -0.15) is 0 Å². The summed E-state index contributed by atoms with van der Waals surface area (Å²) in [6.07, 6.45) is 1.50. The van der Waals surface area contributed by atoms with E-state index in [1.165, 1.54) is 12.3 Å². The third-order valence-electron chi connectivity index (χ3n) is 2.12. The number of nitrogens with zero attached hydrogens (tertiary/aromatic N) is 1. The molecule has 0 bridgehead atoms. The van der Waals surface area contributed by atoms with E-state index in [4.69, 9.17) is 0 Å². The molecule has 0 radical (unpaired) electrons. The summed E-state index contributed by atoms with van der Waals surface area (Å²) in [5, 5.41) is 3.02. The van der Waals surface area contributed by atoms with Crippen molar-refractivity contribution >= 4 is 5.69 Å². The van der Waals surface area contributed by atoms with Crippen molar-refractivity contribution in [3.8, 4) is 11.4 Å². The zero-order valence-corrected chi connectivity index (χ0v) is 8.32. The summed E-state index contributed by atoms with van der Waals surface area (Å²) >= 11 is 0. The van der Waals surface area contributed by atoms with E-state index in [2.05, 4.69) is 15.3 Å². The Kier molecular flexibility index (Phi) is 2.49. The second kappa shape index (κ2) is 3.96. The van der Waals surface area contributed by atoms with Gasteiger partial charge in [0.05, 0.1) is 0 Å². The predicted molar refractivity (Wildman–Crippen MR) is 59.8 cm³/mol. The molecule has 2 rings (SSSR count). The molecule has 0 aliphatic rings. The van der Waals surface area contributed by atoms with E-state index in [-0.39, 0.29) is 5.56 Å². The topological polar surface area (TPSA) is 57.8 Å². The Labute approximate surface area is 87.0 Å². The van der Waals surface area contributed by atoms with Crippen molar-refractivity contribution in [2.24, 2.45) is 0 Å². The molecule has 76 valence electrons. The van der Waals surface area contributed by atoms with Crippen molar-refractivity contribution in [1.29, 1.82) is 0 Å². The Balaban J connectivity index is 2.41. The first-order valence-electron chi connectivity index (χ1n) is 4.63. The summed E-state index contributed by atoms with van der Waals surface area (Å²) in [4.78, 5) is 17.8.